The highest BCUT2D eigenvalue weighted by atomic mass is 32.2. The molecule has 2 heterocycles. The summed E-state index contributed by atoms with van der Waals surface area (Å²) in [6, 6.07) is 6.67. The van der Waals surface area contributed by atoms with Crippen LogP contribution in [0.5, 0.6) is 0 Å². The van der Waals surface area contributed by atoms with E-state index in [9.17, 15) is 13.2 Å². The molecule has 28 heavy (non-hydrogen) atoms. The van der Waals surface area contributed by atoms with Crippen molar-refractivity contribution in [1.29, 1.82) is 0 Å². The van der Waals surface area contributed by atoms with Crippen LogP contribution in [0.2, 0.25) is 0 Å². The fraction of sp³-hybridized carbons (Fsp3) is 0.474. The number of sulfonamides is 1. The van der Waals surface area contributed by atoms with E-state index in [1.807, 2.05) is 12.3 Å². The number of thiazole rings is 1. The van der Waals surface area contributed by atoms with Crippen molar-refractivity contribution in [2.45, 2.75) is 37.7 Å². The Morgan fingerprint density at radius 3 is 2.61 bits per heavy atom. The van der Waals surface area contributed by atoms with Gasteiger partial charge in [0.05, 0.1) is 28.8 Å². The van der Waals surface area contributed by atoms with Crippen LogP contribution in [-0.4, -0.2) is 50.0 Å². The van der Waals surface area contributed by atoms with Gasteiger partial charge in [-0.05, 0) is 30.5 Å². The average Bonchev–Trinajstić information content (AvgIpc) is 3.20. The molecule has 0 atom stereocenters. The molecule has 7 nitrogen and oxygen atoms in total. The monoisotopic (exact) mass is 424 g/mol. The standard InChI is InChI=1S/C19H24N2O5S2/c1-2-18-20-16(14-27-18)13-26-19(22)8-5-15-3-6-17(7-4-15)28(23,24)21-9-11-25-12-10-21/h3-4,6-7,14H,2,5,8-13H2,1H3. The van der Waals surface area contributed by atoms with E-state index in [1.54, 1.807) is 35.6 Å². The molecule has 9 heteroatoms. The lowest BCUT2D eigenvalue weighted by atomic mass is 10.1. The lowest BCUT2D eigenvalue weighted by Gasteiger charge is -2.26. The number of aromatic nitrogens is 1. The molecular weight excluding hydrogens is 400 g/mol. The number of ether oxygens (including phenoxy) is 2. The third kappa shape index (κ3) is 5.38. The van der Waals surface area contributed by atoms with Crippen LogP contribution in [0, 0.1) is 0 Å². The fourth-order valence-corrected chi connectivity index (χ4v) is 4.95. The highest BCUT2D eigenvalue weighted by molar-refractivity contribution is 7.89. The Labute approximate surface area is 169 Å². The van der Waals surface area contributed by atoms with E-state index in [0.717, 1.165) is 22.7 Å². The molecule has 0 radical (unpaired) electrons. The summed E-state index contributed by atoms with van der Waals surface area (Å²) in [7, 11) is -3.49. The maximum atomic E-state index is 12.6. The normalized spacial score (nSPS) is 15.5. The van der Waals surface area contributed by atoms with Crippen molar-refractivity contribution in [1.82, 2.24) is 9.29 Å². The van der Waals surface area contributed by atoms with Crippen LogP contribution in [0.25, 0.3) is 0 Å². The van der Waals surface area contributed by atoms with Crippen LogP contribution in [-0.2, 0) is 43.7 Å². The summed E-state index contributed by atoms with van der Waals surface area (Å²) >= 11 is 1.56. The van der Waals surface area contributed by atoms with Gasteiger partial charge in [-0.3, -0.25) is 4.79 Å². The number of carbonyl (C=O) groups excluding carboxylic acids is 1. The molecule has 0 spiro atoms. The SMILES string of the molecule is CCc1nc(COC(=O)CCc2ccc(S(=O)(=O)N3CCOCC3)cc2)cs1. The zero-order valence-corrected chi connectivity index (χ0v) is 17.4. The topological polar surface area (TPSA) is 85.8 Å². The van der Waals surface area contributed by atoms with Gasteiger partial charge in [-0.15, -0.1) is 11.3 Å². The Morgan fingerprint density at radius 1 is 1.25 bits per heavy atom. The molecule has 0 N–H and O–H groups in total. The molecule has 152 valence electrons. The summed E-state index contributed by atoms with van der Waals surface area (Å²) in [5.74, 6) is -0.295. The first-order chi connectivity index (χ1) is 13.5. The molecule has 1 aliphatic heterocycles. The Morgan fingerprint density at radius 2 is 1.96 bits per heavy atom. The molecule has 0 saturated carbocycles. The Bertz CT molecular complexity index is 887. The van der Waals surface area contributed by atoms with E-state index >= 15 is 0 Å². The predicted molar refractivity (Wildman–Crippen MR) is 106 cm³/mol. The van der Waals surface area contributed by atoms with Crippen LogP contribution >= 0.6 is 11.3 Å². The highest BCUT2D eigenvalue weighted by Gasteiger charge is 2.26. The van der Waals surface area contributed by atoms with Gasteiger partial charge in [0.25, 0.3) is 0 Å². The summed E-state index contributed by atoms with van der Waals surface area (Å²) in [4.78, 5) is 16.6. The van der Waals surface area contributed by atoms with E-state index in [0.29, 0.717) is 32.7 Å². The first-order valence-electron chi connectivity index (χ1n) is 9.25. The van der Waals surface area contributed by atoms with E-state index in [1.165, 1.54) is 4.31 Å². The summed E-state index contributed by atoms with van der Waals surface area (Å²) in [6.07, 6.45) is 1.60. The Kier molecular flexibility index (Phi) is 7.17. The van der Waals surface area contributed by atoms with E-state index < -0.39 is 10.0 Å². The summed E-state index contributed by atoms with van der Waals surface area (Å²) < 4.78 is 37.1. The van der Waals surface area contributed by atoms with Gasteiger partial charge in [0, 0.05) is 24.9 Å². The molecule has 0 bridgehead atoms. The van der Waals surface area contributed by atoms with Crippen LogP contribution in [0.4, 0.5) is 0 Å². The second-order valence-corrected chi connectivity index (χ2v) is 9.29. The van der Waals surface area contributed by atoms with Gasteiger partial charge in [-0.25, -0.2) is 13.4 Å². The zero-order chi connectivity index (χ0) is 20.0. The van der Waals surface area contributed by atoms with Gasteiger partial charge < -0.3 is 9.47 Å². The number of esters is 1. The number of hydrogen-bond acceptors (Lipinski definition) is 7. The van der Waals surface area contributed by atoms with Crippen molar-refractivity contribution in [3.8, 4) is 0 Å². The molecule has 0 amide bonds. The van der Waals surface area contributed by atoms with Crippen molar-refractivity contribution in [3.63, 3.8) is 0 Å². The second kappa shape index (κ2) is 9.60. The molecule has 0 aliphatic carbocycles. The van der Waals surface area contributed by atoms with Crippen LogP contribution < -0.4 is 0 Å². The van der Waals surface area contributed by atoms with Gasteiger partial charge in [0.1, 0.15) is 6.61 Å². The maximum Gasteiger partial charge on any atom is 0.306 e. The van der Waals surface area contributed by atoms with E-state index in [4.69, 9.17) is 9.47 Å². The Balaban J connectivity index is 1.49. The lowest BCUT2D eigenvalue weighted by molar-refractivity contribution is -0.145. The smallest absolute Gasteiger partial charge is 0.306 e. The van der Waals surface area contributed by atoms with Crippen molar-refractivity contribution in [3.05, 3.63) is 45.9 Å². The molecule has 3 rings (SSSR count). The van der Waals surface area contributed by atoms with Gasteiger partial charge in [0.2, 0.25) is 10.0 Å². The summed E-state index contributed by atoms with van der Waals surface area (Å²) in [6.45, 7) is 3.79. The van der Waals surface area contributed by atoms with Gasteiger partial charge in [0.15, 0.2) is 0 Å². The maximum absolute atomic E-state index is 12.6. The summed E-state index contributed by atoms with van der Waals surface area (Å²) in [5.41, 5.74) is 1.66. The molecule has 1 aromatic carbocycles. The highest BCUT2D eigenvalue weighted by Crippen LogP contribution is 2.18. The number of rotatable bonds is 8. The van der Waals surface area contributed by atoms with Crippen molar-refractivity contribution < 1.29 is 22.7 Å². The third-order valence-corrected chi connectivity index (χ3v) is 7.39. The number of nitrogens with zero attached hydrogens (tertiary/aromatic N) is 2. The first kappa shape index (κ1) is 20.9. The van der Waals surface area contributed by atoms with Crippen molar-refractivity contribution in [2.75, 3.05) is 26.3 Å². The molecule has 1 fully saturated rings. The molecule has 1 saturated heterocycles. The molecule has 2 aromatic rings. The Hall–Kier alpha value is -1.81. The van der Waals surface area contributed by atoms with E-state index in [2.05, 4.69) is 4.98 Å². The van der Waals surface area contributed by atoms with Crippen molar-refractivity contribution in [2.24, 2.45) is 0 Å². The van der Waals surface area contributed by atoms with Crippen LogP contribution in [0.1, 0.15) is 29.6 Å². The zero-order valence-electron chi connectivity index (χ0n) is 15.8. The molecule has 1 aliphatic rings. The largest absolute Gasteiger partial charge is 0.459 e. The first-order valence-corrected chi connectivity index (χ1v) is 11.6. The fourth-order valence-electron chi connectivity index (χ4n) is 2.81. The molecular formula is C19H24N2O5S2. The number of hydrogen-bond donors (Lipinski definition) is 0. The minimum absolute atomic E-state index is 0.187. The lowest BCUT2D eigenvalue weighted by Crippen LogP contribution is -2.40. The minimum Gasteiger partial charge on any atom is -0.459 e. The number of aryl methyl sites for hydroxylation is 2. The average molecular weight is 425 g/mol. The minimum atomic E-state index is -3.49. The second-order valence-electron chi connectivity index (χ2n) is 6.41. The van der Waals surface area contributed by atoms with Crippen LogP contribution in [0.3, 0.4) is 0 Å². The number of benzene rings is 1. The third-order valence-electron chi connectivity index (χ3n) is 4.43. The van der Waals surface area contributed by atoms with Crippen molar-refractivity contribution >= 4 is 27.3 Å². The van der Waals surface area contributed by atoms with Gasteiger partial charge in [-0.1, -0.05) is 19.1 Å². The van der Waals surface area contributed by atoms with Gasteiger partial charge in [-0.2, -0.15) is 4.31 Å². The molecule has 1 aromatic heterocycles. The predicted octanol–water partition coefficient (Wildman–Crippen LogP) is 2.40. The number of morpholine rings is 1. The van der Waals surface area contributed by atoms with Crippen LogP contribution in [0.15, 0.2) is 34.5 Å². The summed E-state index contributed by atoms with van der Waals surface area (Å²) in [5, 5.41) is 2.93. The number of carbonyl (C=O) groups is 1. The van der Waals surface area contributed by atoms with E-state index in [-0.39, 0.29) is 23.9 Å². The van der Waals surface area contributed by atoms with Gasteiger partial charge >= 0.3 is 5.97 Å². The quantitative estimate of drug-likeness (QED) is 0.605. The molecule has 0 unspecified atom stereocenters.